The van der Waals surface area contributed by atoms with Gasteiger partial charge in [-0.2, -0.15) is 0 Å². The average Bonchev–Trinajstić information content (AvgIpc) is 3.42. The first kappa shape index (κ1) is 73.4. The monoisotopic (exact) mass is 1060 g/mol. The molecule has 76 heavy (non-hydrogen) atoms. The van der Waals surface area contributed by atoms with Crippen LogP contribution in [-0.2, 0) is 28.6 Å². The molecule has 444 valence electrons. The minimum Gasteiger partial charge on any atom is -0.462 e. The Labute approximate surface area is 473 Å². The van der Waals surface area contributed by atoms with Crippen LogP contribution >= 0.6 is 0 Å². The third-order valence-electron chi connectivity index (χ3n) is 15.1. The Hall–Kier alpha value is -2.63. The number of esters is 3. The smallest absolute Gasteiger partial charge is 0.306 e. The van der Waals surface area contributed by atoms with E-state index < -0.39 is 6.10 Å². The number of hydrogen-bond donors (Lipinski definition) is 0. The molecular formula is C70H128O6. The van der Waals surface area contributed by atoms with Gasteiger partial charge in [-0.3, -0.25) is 14.4 Å². The molecule has 0 aliphatic heterocycles. The molecule has 0 aliphatic rings. The molecule has 0 rings (SSSR count). The van der Waals surface area contributed by atoms with Gasteiger partial charge in [0.25, 0.3) is 0 Å². The van der Waals surface area contributed by atoms with Crippen LogP contribution in [0.4, 0.5) is 0 Å². The zero-order valence-electron chi connectivity index (χ0n) is 51.0. The van der Waals surface area contributed by atoms with Crippen LogP contribution < -0.4 is 0 Å². The lowest BCUT2D eigenvalue weighted by molar-refractivity contribution is -0.167. The Morgan fingerprint density at radius 1 is 0.276 bits per heavy atom. The molecule has 0 bridgehead atoms. The fourth-order valence-electron chi connectivity index (χ4n) is 10.0. The van der Waals surface area contributed by atoms with Crippen LogP contribution in [-0.4, -0.2) is 37.2 Å². The van der Waals surface area contributed by atoms with Crippen molar-refractivity contribution in [1.29, 1.82) is 0 Å². The topological polar surface area (TPSA) is 78.9 Å². The van der Waals surface area contributed by atoms with Crippen LogP contribution in [0.5, 0.6) is 0 Å². The number of carbonyl (C=O) groups excluding carboxylic acids is 3. The van der Waals surface area contributed by atoms with Crippen LogP contribution in [0.25, 0.3) is 0 Å². The first-order valence-electron chi connectivity index (χ1n) is 33.6. The van der Waals surface area contributed by atoms with Gasteiger partial charge in [0, 0.05) is 19.3 Å². The second kappa shape index (κ2) is 64.9. The van der Waals surface area contributed by atoms with Gasteiger partial charge in [-0.25, -0.2) is 0 Å². The van der Waals surface area contributed by atoms with Crippen molar-refractivity contribution < 1.29 is 28.6 Å². The number of allylic oxidation sites excluding steroid dienone is 8. The van der Waals surface area contributed by atoms with E-state index in [0.717, 1.165) is 83.5 Å². The first-order valence-corrected chi connectivity index (χ1v) is 33.6. The minimum absolute atomic E-state index is 0.0727. The molecule has 0 radical (unpaired) electrons. The largest absolute Gasteiger partial charge is 0.462 e. The predicted molar refractivity (Wildman–Crippen MR) is 330 cm³/mol. The molecule has 0 aromatic carbocycles. The third-order valence-corrected chi connectivity index (χ3v) is 15.1. The number of hydrogen-bond acceptors (Lipinski definition) is 6. The van der Waals surface area contributed by atoms with Gasteiger partial charge >= 0.3 is 17.9 Å². The molecule has 6 heteroatoms. The van der Waals surface area contributed by atoms with Crippen molar-refractivity contribution in [1.82, 2.24) is 0 Å². The Morgan fingerprint density at radius 3 is 0.816 bits per heavy atom. The SMILES string of the molecule is CC/C=C\C/C=C\C/C=C\CCCCCCCCCC(=O)OC(COC(=O)CCCCCCCCCCCCCC)COC(=O)CCCCCCCCCCCCCCCCCCC/C=C\CCCCCCCCCC. The molecule has 0 heterocycles. The highest BCUT2D eigenvalue weighted by Crippen LogP contribution is 2.18. The van der Waals surface area contributed by atoms with Crippen molar-refractivity contribution in [3.8, 4) is 0 Å². The molecule has 1 atom stereocenters. The number of carbonyl (C=O) groups is 3. The van der Waals surface area contributed by atoms with Gasteiger partial charge in [-0.1, -0.05) is 313 Å². The Balaban J connectivity index is 4.16. The summed E-state index contributed by atoms with van der Waals surface area (Å²) >= 11 is 0. The van der Waals surface area contributed by atoms with Crippen molar-refractivity contribution in [2.24, 2.45) is 0 Å². The highest BCUT2D eigenvalue weighted by molar-refractivity contribution is 5.71. The van der Waals surface area contributed by atoms with Crippen molar-refractivity contribution in [2.45, 2.75) is 367 Å². The van der Waals surface area contributed by atoms with E-state index in [1.165, 1.54) is 238 Å². The van der Waals surface area contributed by atoms with Crippen LogP contribution in [0.1, 0.15) is 361 Å². The molecule has 0 aromatic rings. The van der Waals surface area contributed by atoms with Gasteiger partial charge in [0.15, 0.2) is 6.10 Å². The fourth-order valence-corrected chi connectivity index (χ4v) is 10.0. The van der Waals surface area contributed by atoms with Crippen LogP contribution in [0.3, 0.4) is 0 Å². The van der Waals surface area contributed by atoms with E-state index in [2.05, 4.69) is 69.4 Å². The minimum atomic E-state index is -0.776. The predicted octanol–water partition coefficient (Wildman–Crippen LogP) is 22.9. The average molecular weight is 1070 g/mol. The summed E-state index contributed by atoms with van der Waals surface area (Å²) in [6, 6.07) is 0. The molecule has 0 aliphatic carbocycles. The van der Waals surface area contributed by atoms with Crippen molar-refractivity contribution >= 4 is 17.9 Å². The zero-order valence-corrected chi connectivity index (χ0v) is 51.0. The summed E-state index contributed by atoms with van der Waals surface area (Å²) in [5.74, 6) is -0.861. The van der Waals surface area contributed by atoms with Gasteiger partial charge in [0.05, 0.1) is 0 Å². The maximum absolute atomic E-state index is 12.9. The number of rotatable bonds is 62. The first-order chi connectivity index (χ1) is 37.5. The van der Waals surface area contributed by atoms with Crippen LogP contribution in [0, 0.1) is 0 Å². The summed E-state index contributed by atoms with van der Waals surface area (Å²) in [4.78, 5) is 38.3. The van der Waals surface area contributed by atoms with E-state index in [0.29, 0.717) is 19.3 Å². The van der Waals surface area contributed by atoms with Gasteiger partial charge in [0.2, 0.25) is 0 Å². The summed E-state index contributed by atoms with van der Waals surface area (Å²) in [5.41, 5.74) is 0. The normalized spacial score (nSPS) is 12.3. The third kappa shape index (κ3) is 62.2. The lowest BCUT2D eigenvalue weighted by Gasteiger charge is -2.18. The summed E-state index contributed by atoms with van der Waals surface area (Å²) < 4.78 is 16.9. The van der Waals surface area contributed by atoms with E-state index in [9.17, 15) is 14.4 Å². The number of unbranched alkanes of at least 4 members (excludes halogenated alkanes) is 43. The molecule has 0 amide bonds. The molecule has 0 N–H and O–H groups in total. The molecule has 1 unspecified atom stereocenters. The molecule has 0 aromatic heterocycles. The van der Waals surface area contributed by atoms with Crippen molar-refractivity contribution in [3.63, 3.8) is 0 Å². The van der Waals surface area contributed by atoms with E-state index in [4.69, 9.17) is 14.2 Å². The van der Waals surface area contributed by atoms with E-state index in [1.54, 1.807) is 0 Å². The molecule has 6 nitrogen and oxygen atoms in total. The summed E-state index contributed by atoms with van der Waals surface area (Å²) in [5, 5.41) is 0. The van der Waals surface area contributed by atoms with Crippen LogP contribution in [0.15, 0.2) is 48.6 Å². The Morgan fingerprint density at radius 2 is 0.513 bits per heavy atom. The van der Waals surface area contributed by atoms with Crippen LogP contribution in [0.2, 0.25) is 0 Å². The second-order valence-corrected chi connectivity index (χ2v) is 22.7. The molecule has 0 saturated heterocycles. The highest BCUT2D eigenvalue weighted by atomic mass is 16.6. The molecule has 0 saturated carbocycles. The van der Waals surface area contributed by atoms with E-state index in [-0.39, 0.29) is 31.1 Å². The Kier molecular flexibility index (Phi) is 62.6. The zero-order chi connectivity index (χ0) is 55.0. The van der Waals surface area contributed by atoms with Gasteiger partial charge in [-0.05, 0) is 77.0 Å². The lowest BCUT2D eigenvalue weighted by atomic mass is 10.0. The summed E-state index contributed by atoms with van der Waals surface area (Å²) in [6.45, 7) is 6.57. The molecular weight excluding hydrogens is 937 g/mol. The number of ether oxygens (including phenoxy) is 3. The van der Waals surface area contributed by atoms with E-state index in [1.807, 2.05) is 0 Å². The standard InChI is InChI=1S/C70H128O6/c1-4-7-10-13-16-19-22-25-27-29-30-31-32-33-34-35-36-37-38-39-40-42-43-45-48-51-54-57-60-63-69(72)75-66-67(65-74-68(71)62-59-56-53-50-47-24-21-18-15-12-9-6-3)76-70(73)64-61-58-55-52-49-46-44-41-28-26-23-20-17-14-11-8-5-2/h8,11,17,20,26,28-30,67H,4-7,9-10,12-16,18-19,21-25,27,31-66H2,1-3H3/b11-8-,20-17-,28-26-,30-29-. The fraction of sp³-hybridized carbons (Fsp3) is 0.843. The second-order valence-electron chi connectivity index (χ2n) is 22.7. The lowest BCUT2D eigenvalue weighted by Crippen LogP contribution is -2.30. The molecule has 0 spiro atoms. The van der Waals surface area contributed by atoms with Gasteiger partial charge in [0.1, 0.15) is 13.2 Å². The quantitative estimate of drug-likeness (QED) is 0.0261. The van der Waals surface area contributed by atoms with E-state index >= 15 is 0 Å². The highest BCUT2D eigenvalue weighted by Gasteiger charge is 2.19. The Bertz CT molecular complexity index is 1310. The molecule has 0 fully saturated rings. The maximum Gasteiger partial charge on any atom is 0.306 e. The van der Waals surface area contributed by atoms with Crippen molar-refractivity contribution in [2.75, 3.05) is 13.2 Å². The maximum atomic E-state index is 12.9. The summed E-state index contributed by atoms with van der Waals surface area (Å²) in [7, 11) is 0. The summed E-state index contributed by atoms with van der Waals surface area (Å²) in [6.07, 6.45) is 81.4. The van der Waals surface area contributed by atoms with Gasteiger partial charge in [-0.15, -0.1) is 0 Å². The van der Waals surface area contributed by atoms with Gasteiger partial charge < -0.3 is 14.2 Å². The van der Waals surface area contributed by atoms with Crippen molar-refractivity contribution in [3.05, 3.63) is 48.6 Å².